The Morgan fingerprint density at radius 2 is 2.06 bits per heavy atom. The normalized spacial score (nSPS) is 24.6. The highest BCUT2D eigenvalue weighted by Crippen LogP contribution is 2.32. The van der Waals surface area contributed by atoms with Gasteiger partial charge in [-0.15, -0.1) is 11.8 Å². The molecule has 2 unspecified atom stereocenters. The fraction of sp³-hybridized carbons (Fsp3) is 0.385. The van der Waals surface area contributed by atoms with Crippen LogP contribution in [-0.4, -0.2) is 17.8 Å². The summed E-state index contributed by atoms with van der Waals surface area (Å²) in [7, 11) is 0. The Bertz CT molecular complexity index is 375. The summed E-state index contributed by atoms with van der Waals surface area (Å²) in [5.41, 5.74) is 0. The van der Waals surface area contributed by atoms with Gasteiger partial charge in [-0.1, -0.05) is 18.2 Å². The lowest BCUT2D eigenvalue weighted by molar-refractivity contribution is -0.122. The lowest BCUT2D eigenvalue weighted by atomic mass is 9.99. The van der Waals surface area contributed by atoms with Gasteiger partial charge in [-0.05, 0) is 18.6 Å². The molecule has 1 saturated carbocycles. The van der Waals surface area contributed by atoms with Crippen LogP contribution in [-0.2, 0) is 9.59 Å². The van der Waals surface area contributed by atoms with E-state index in [0.29, 0.717) is 6.42 Å². The molecule has 0 N–H and O–H groups in total. The molecule has 1 aromatic rings. The molecule has 1 aliphatic rings. The molecule has 2 rings (SSSR count). The summed E-state index contributed by atoms with van der Waals surface area (Å²) in [6, 6.07) is 9.99. The van der Waals surface area contributed by atoms with Crippen LogP contribution in [0.1, 0.15) is 12.8 Å². The highest BCUT2D eigenvalue weighted by Gasteiger charge is 2.34. The smallest absolute Gasteiger partial charge is 0.137 e. The molecule has 0 bridgehead atoms. The monoisotopic (exact) mass is 234 g/mol. The van der Waals surface area contributed by atoms with Crippen LogP contribution in [0.4, 0.5) is 0 Å². The predicted octanol–water partition coefficient (Wildman–Crippen LogP) is 2.57. The van der Waals surface area contributed by atoms with E-state index >= 15 is 0 Å². The van der Waals surface area contributed by atoms with E-state index in [-0.39, 0.29) is 17.6 Å². The Balaban J connectivity index is 1.94. The second kappa shape index (κ2) is 5.30. The molecule has 1 fully saturated rings. The molecule has 16 heavy (non-hydrogen) atoms. The number of aldehydes is 1. The molecule has 1 aromatic carbocycles. The lowest BCUT2D eigenvalue weighted by Gasteiger charge is -2.11. The van der Waals surface area contributed by atoms with E-state index in [1.54, 1.807) is 11.8 Å². The highest BCUT2D eigenvalue weighted by atomic mass is 32.2. The largest absolute Gasteiger partial charge is 0.303 e. The summed E-state index contributed by atoms with van der Waals surface area (Å²) in [6.07, 6.45) is 2.26. The van der Waals surface area contributed by atoms with Crippen molar-refractivity contribution in [2.24, 2.45) is 11.8 Å². The van der Waals surface area contributed by atoms with Gasteiger partial charge in [0, 0.05) is 28.9 Å². The Labute approximate surface area is 99.4 Å². The van der Waals surface area contributed by atoms with Crippen LogP contribution in [0.15, 0.2) is 35.2 Å². The standard InChI is InChI=1S/C13H14O2S/c14-8-10-6-7-13(15)12(10)9-16-11-4-2-1-3-5-11/h1-5,8,10,12H,6-7,9H2. The summed E-state index contributed by atoms with van der Waals surface area (Å²) in [5, 5.41) is 0. The molecule has 3 heteroatoms. The number of benzene rings is 1. The number of carbonyl (C=O) groups is 2. The van der Waals surface area contributed by atoms with Crippen LogP contribution in [0.2, 0.25) is 0 Å². The fourth-order valence-electron chi connectivity index (χ4n) is 2.02. The maximum absolute atomic E-state index is 11.6. The van der Waals surface area contributed by atoms with Gasteiger partial charge in [0.05, 0.1) is 0 Å². The van der Waals surface area contributed by atoms with Crippen molar-refractivity contribution >= 4 is 23.8 Å². The third-order valence-corrected chi connectivity index (χ3v) is 4.13. The molecule has 1 aliphatic carbocycles. The molecule has 0 aliphatic heterocycles. The Hall–Kier alpha value is -1.09. The van der Waals surface area contributed by atoms with E-state index in [9.17, 15) is 9.59 Å². The molecular weight excluding hydrogens is 220 g/mol. The van der Waals surface area contributed by atoms with Crippen molar-refractivity contribution in [1.29, 1.82) is 0 Å². The van der Waals surface area contributed by atoms with E-state index in [1.807, 2.05) is 30.3 Å². The minimum absolute atomic E-state index is 0.0521. The fourth-order valence-corrected chi connectivity index (χ4v) is 3.17. The first-order valence-electron chi connectivity index (χ1n) is 5.47. The van der Waals surface area contributed by atoms with Gasteiger partial charge < -0.3 is 4.79 Å². The van der Waals surface area contributed by atoms with E-state index in [0.717, 1.165) is 23.4 Å². The van der Waals surface area contributed by atoms with Crippen molar-refractivity contribution in [2.45, 2.75) is 17.7 Å². The van der Waals surface area contributed by atoms with Crippen molar-refractivity contribution in [3.63, 3.8) is 0 Å². The molecule has 2 nitrogen and oxygen atoms in total. The van der Waals surface area contributed by atoms with Crippen LogP contribution in [0.25, 0.3) is 0 Å². The molecule has 84 valence electrons. The number of ketones is 1. The van der Waals surface area contributed by atoms with Crippen LogP contribution >= 0.6 is 11.8 Å². The molecule has 0 amide bonds. The Kier molecular flexibility index (Phi) is 3.78. The highest BCUT2D eigenvalue weighted by molar-refractivity contribution is 7.99. The summed E-state index contributed by atoms with van der Waals surface area (Å²) in [5.74, 6) is 0.860. The SMILES string of the molecule is O=CC1CCC(=O)C1CSc1ccccc1. The minimum atomic E-state index is -0.0669. The van der Waals surface area contributed by atoms with Crippen LogP contribution < -0.4 is 0 Å². The van der Waals surface area contributed by atoms with Crippen molar-refractivity contribution in [2.75, 3.05) is 5.75 Å². The number of rotatable bonds is 4. The van der Waals surface area contributed by atoms with E-state index < -0.39 is 0 Å². The van der Waals surface area contributed by atoms with Crippen molar-refractivity contribution in [3.8, 4) is 0 Å². The van der Waals surface area contributed by atoms with Gasteiger partial charge in [-0.2, -0.15) is 0 Å². The summed E-state index contributed by atoms with van der Waals surface area (Å²) in [6.45, 7) is 0. The third-order valence-electron chi connectivity index (χ3n) is 3.00. The van der Waals surface area contributed by atoms with Crippen molar-refractivity contribution < 1.29 is 9.59 Å². The average Bonchev–Trinajstić information content (AvgIpc) is 2.69. The first-order chi connectivity index (χ1) is 7.81. The Morgan fingerprint density at radius 1 is 1.31 bits per heavy atom. The Morgan fingerprint density at radius 3 is 2.75 bits per heavy atom. The van der Waals surface area contributed by atoms with Crippen molar-refractivity contribution in [1.82, 2.24) is 0 Å². The average molecular weight is 234 g/mol. The molecular formula is C13H14O2S. The van der Waals surface area contributed by atoms with E-state index in [1.165, 1.54) is 0 Å². The van der Waals surface area contributed by atoms with Gasteiger partial charge in [0.1, 0.15) is 12.1 Å². The first kappa shape index (κ1) is 11.4. The zero-order valence-corrected chi connectivity index (χ0v) is 9.78. The number of hydrogen-bond donors (Lipinski definition) is 0. The van der Waals surface area contributed by atoms with E-state index in [4.69, 9.17) is 0 Å². The molecule has 0 aromatic heterocycles. The second-order valence-electron chi connectivity index (χ2n) is 4.04. The topological polar surface area (TPSA) is 34.1 Å². The summed E-state index contributed by atoms with van der Waals surface area (Å²) in [4.78, 5) is 23.6. The van der Waals surface area contributed by atoms with Gasteiger partial charge in [0.25, 0.3) is 0 Å². The predicted molar refractivity (Wildman–Crippen MR) is 64.5 cm³/mol. The van der Waals surface area contributed by atoms with Gasteiger partial charge in [-0.3, -0.25) is 4.79 Å². The third kappa shape index (κ3) is 2.53. The summed E-state index contributed by atoms with van der Waals surface area (Å²) >= 11 is 1.66. The molecule has 0 radical (unpaired) electrons. The first-order valence-corrected chi connectivity index (χ1v) is 6.45. The zero-order chi connectivity index (χ0) is 11.4. The quantitative estimate of drug-likeness (QED) is 0.593. The summed E-state index contributed by atoms with van der Waals surface area (Å²) < 4.78 is 0. The van der Waals surface area contributed by atoms with Crippen LogP contribution in [0, 0.1) is 11.8 Å². The molecule has 2 atom stereocenters. The second-order valence-corrected chi connectivity index (χ2v) is 5.13. The zero-order valence-electron chi connectivity index (χ0n) is 8.96. The van der Waals surface area contributed by atoms with Crippen LogP contribution in [0.5, 0.6) is 0 Å². The van der Waals surface area contributed by atoms with Gasteiger partial charge in [-0.25, -0.2) is 0 Å². The molecule has 0 spiro atoms. The molecule has 0 saturated heterocycles. The van der Waals surface area contributed by atoms with Gasteiger partial charge in [0.2, 0.25) is 0 Å². The van der Waals surface area contributed by atoms with Crippen LogP contribution in [0.3, 0.4) is 0 Å². The van der Waals surface area contributed by atoms with E-state index in [2.05, 4.69) is 0 Å². The number of thioether (sulfide) groups is 1. The van der Waals surface area contributed by atoms with Gasteiger partial charge in [0.15, 0.2) is 0 Å². The van der Waals surface area contributed by atoms with Crippen molar-refractivity contribution in [3.05, 3.63) is 30.3 Å². The van der Waals surface area contributed by atoms with Gasteiger partial charge >= 0.3 is 0 Å². The number of hydrogen-bond acceptors (Lipinski definition) is 3. The number of carbonyl (C=O) groups excluding carboxylic acids is 2. The maximum Gasteiger partial charge on any atom is 0.137 e. The minimum Gasteiger partial charge on any atom is -0.303 e. The molecule has 0 heterocycles. The lowest BCUT2D eigenvalue weighted by Crippen LogP contribution is -2.18. The number of Topliss-reactive ketones (excluding diaryl/α,β-unsaturated/α-hetero) is 1. The maximum atomic E-state index is 11.6.